The molecule has 0 aliphatic heterocycles. The van der Waals surface area contributed by atoms with Gasteiger partial charge in [0.25, 0.3) is 0 Å². The predicted octanol–water partition coefficient (Wildman–Crippen LogP) is 25.9. The molecule has 6 aliphatic rings. The van der Waals surface area contributed by atoms with Crippen LogP contribution in [0.1, 0.15) is 68.2 Å². The highest BCUT2D eigenvalue weighted by Gasteiger charge is 2.34. The lowest BCUT2D eigenvalue weighted by Gasteiger charge is -2.09. The number of thiophene rings is 6. The van der Waals surface area contributed by atoms with E-state index in [2.05, 4.69) is 201 Å². The average molecular weight is 1900 g/mol. The van der Waals surface area contributed by atoms with Crippen LogP contribution in [0.3, 0.4) is 0 Å². The molecule has 582 valence electrons. The molecule has 0 unspecified atom stereocenters. The third kappa shape index (κ3) is 15.4. The van der Waals surface area contributed by atoms with Crippen LogP contribution < -0.4 is 26.0 Å². The van der Waals surface area contributed by atoms with E-state index in [1.54, 1.807) is 92.4 Å². The molecule has 117 heavy (non-hydrogen) atoms. The van der Waals surface area contributed by atoms with E-state index < -0.39 is 11.7 Å². The van der Waals surface area contributed by atoms with Gasteiger partial charge < -0.3 is 26.5 Å². The molecule has 0 saturated heterocycles. The van der Waals surface area contributed by atoms with Crippen molar-refractivity contribution in [2.24, 2.45) is 0 Å². The van der Waals surface area contributed by atoms with Crippen molar-refractivity contribution in [1.82, 2.24) is 61.2 Å². The van der Waals surface area contributed by atoms with E-state index in [4.69, 9.17) is 23.2 Å². The van der Waals surface area contributed by atoms with Crippen molar-refractivity contribution in [2.75, 3.05) is 21.3 Å². The van der Waals surface area contributed by atoms with Crippen LogP contribution in [0.5, 0.6) is 0 Å². The maximum absolute atomic E-state index is 13.2. The first-order valence-corrected chi connectivity index (χ1v) is 44.4. The van der Waals surface area contributed by atoms with Crippen molar-refractivity contribution in [1.29, 1.82) is 0 Å². The molecule has 24 rings (SSSR count). The quantitative estimate of drug-likeness (QED) is 0.0350. The number of rotatable bonds is 10. The lowest BCUT2D eigenvalue weighted by atomic mass is 10.1. The van der Waals surface area contributed by atoms with Gasteiger partial charge in [0.15, 0.2) is 35.7 Å². The van der Waals surface area contributed by atoms with Gasteiger partial charge in [-0.05, 0) is 181 Å². The van der Waals surface area contributed by atoms with Crippen LogP contribution in [0.2, 0.25) is 10.0 Å². The monoisotopic (exact) mass is 1890 g/mol. The van der Waals surface area contributed by atoms with Gasteiger partial charge in [0.2, 0.25) is 0 Å². The molecular weight excluding hydrogens is 1840 g/mol. The summed E-state index contributed by atoms with van der Waals surface area (Å²) >= 11 is 33.1. The molecule has 0 bridgehead atoms. The fourth-order valence-corrected chi connectivity index (χ4v) is 22.4. The van der Waals surface area contributed by atoms with Crippen LogP contribution in [0.4, 0.5) is 63.6 Å². The Bertz CT molecular complexity index is 6760. The Morgan fingerprint density at radius 1 is 0.402 bits per heavy atom. The normalized spacial score (nSPS) is 12.5. The van der Waals surface area contributed by atoms with Crippen LogP contribution in [0.15, 0.2) is 216 Å². The fraction of sp³-hybridized carbons (Fsp3) is 0.0833. The van der Waals surface area contributed by atoms with Gasteiger partial charge in [0, 0.05) is 173 Å². The Labute approximate surface area is 722 Å². The third-order valence-electron chi connectivity index (χ3n) is 20.3. The van der Waals surface area contributed by atoms with E-state index >= 15 is 0 Å². The summed E-state index contributed by atoms with van der Waals surface area (Å²) in [5, 5.41) is 78.6. The standard InChI is InChI=1S/C15H10F3N3S.C14H8Br2N2S.2C14H10ClN3S.C14H10FN3S.C13H8BrN3OS/c16-15(17,18)8-2-1-3-9(6-8)19-14-11-7-12-10(4-5-22-12)13(11)20-21-14;15-8-3-1-7(2-4-8)13-10-5-11-9(6-12(16)19-11)14(10)18-17-13;15-8-1-3-9(4-2-8)16-14-11-7-12-10(5-6-19-12)13(11)17-18-14;15-10-3-1-2-4-11(10)16-14-9-7-12-8(5-6-19-12)13(9)17-18-14;15-8-2-1-3-9(6-8)16-14-11-7-12-10(4-5-19-12)13(11)17-18-14;14-11-5-8-10(19-11)4-9-12(15-16-13(8)9)7-2-1-3-17(18)6-7/h1-6H,7H2,(H2,19,20,21);1-4,6H,5H2,(H,17,18);3*1-6H,7H2,(H2,16,17,18);1-3,5-6H,4H2,(H,15,16). The van der Waals surface area contributed by atoms with E-state index in [0.29, 0.717) is 22.2 Å². The number of nitrogens with zero attached hydrogens (tertiary/aromatic N) is 7. The molecule has 0 spiro atoms. The molecule has 6 aliphatic carbocycles. The summed E-state index contributed by atoms with van der Waals surface area (Å²) in [4.78, 5) is 8.15. The van der Waals surface area contributed by atoms with E-state index in [-0.39, 0.29) is 5.82 Å². The number of hydrogen-bond acceptors (Lipinski definition) is 17. The van der Waals surface area contributed by atoms with Crippen molar-refractivity contribution in [2.45, 2.75) is 44.7 Å². The van der Waals surface area contributed by atoms with Gasteiger partial charge in [-0.2, -0.15) is 48.5 Å². The Morgan fingerprint density at radius 3 is 1.30 bits per heavy atom. The smallest absolute Gasteiger partial charge is 0.416 e. The Balaban J connectivity index is 0.0000000935. The Hall–Kier alpha value is -10.6. The van der Waals surface area contributed by atoms with Crippen LogP contribution in [0.25, 0.3) is 90.1 Å². The Morgan fingerprint density at radius 2 is 0.829 bits per heavy atom. The van der Waals surface area contributed by atoms with Crippen LogP contribution in [0, 0.1) is 11.0 Å². The number of pyridine rings is 1. The predicted molar refractivity (Wildman–Crippen MR) is 475 cm³/mol. The summed E-state index contributed by atoms with van der Waals surface area (Å²) in [6.07, 6.45) is 4.05. The first kappa shape index (κ1) is 76.4. The number of aromatic nitrogens is 13. The van der Waals surface area contributed by atoms with Crippen molar-refractivity contribution in [3.8, 4) is 90.1 Å². The van der Waals surface area contributed by atoms with E-state index in [1.807, 2.05) is 72.1 Å². The largest absolute Gasteiger partial charge is 0.619 e. The third-order valence-corrected chi connectivity index (χ3v) is 28.4. The van der Waals surface area contributed by atoms with Crippen molar-refractivity contribution in [3.05, 3.63) is 305 Å². The highest BCUT2D eigenvalue weighted by molar-refractivity contribution is 9.11. The van der Waals surface area contributed by atoms with Crippen LogP contribution >= 0.6 is 139 Å². The highest BCUT2D eigenvalue weighted by atomic mass is 79.9. The molecule has 0 atom stereocenters. The van der Waals surface area contributed by atoms with E-state index in [0.717, 1.165) is 165 Å². The number of fused-ring (bicyclic) bond motifs is 18. The molecule has 18 nitrogen and oxygen atoms in total. The molecule has 13 aromatic heterocycles. The topological polar surface area (TPSA) is 247 Å². The van der Waals surface area contributed by atoms with Gasteiger partial charge in [-0.25, -0.2) is 4.39 Å². The second kappa shape index (κ2) is 32.1. The highest BCUT2D eigenvalue weighted by Crippen LogP contribution is 2.50. The first-order valence-electron chi connectivity index (χ1n) is 36.2. The summed E-state index contributed by atoms with van der Waals surface area (Å²) in [5.41, 5.74) is 27.4. The van der Waals surface area contributed by atoms with Crippen LogP contribution in [-0.2, 0) is 44.7 Å². The molecular formula is C84H56Br3Cl2F4N17OS6. The minimum absolute atomic E-state index is 0.253. The molecule has 13 heterocycles. The second-order valence-electron chi connectivity index (χ2n) is 27.5. The molecule has 0 saturated carbocycles. The molecule has 18 aromatic rings. The number of aromatic amines is 6. The number of halogens is 9. The summed E-state index contributed by atoms with van der Waals surface area (Å²) < 4.78 is 55.6. The molecule has 0 fully saturated rings. The minimum atomic E-state index is -4.35. The maximum Gasteiger partial charge on any atom is 0.416 e. The minimum Gasteiger partial charge on any atom is -0.619 e. The number of alkyl halides is 3. The summed E-state index contributed by atoms with van der Waals surface area (Å²) in [6.45, 7) is 0. The summed E-state index contributed by atoms with van der Waals surface area (Å²) in [7, 11) is 0. The summed E-state index contributed by atoms with van der Waals surface area (Å²) in [5.74, 6) is 2.88. The first-order chi connectivity index (χ1) is 56.9. The molecule has 5 aromatic carbocycles. The van der Waals surface area contributed by atoms with Gasteiger partial charge >= 0.3 is 6.18 Å². The number of anilines is 8. The van der Waals surface area contributed by atoms with Crippen molar-refractivity contribution >= 4 is 185 Å². The van der Waals surface area contributed by atoms with Gasteiger partial charge in [-0.3, -0.25) is 30.6 Å². The number of benzene rings is 5. The SMILES string of the molecule is Brc1ccc(-c2n[nH]c3c2Cc2sc(Br)cc2-3)cc1.Clc1ccc(Nc2n[nH]c3c2Cc2sccc2-3)cc1.Clc1ccccc1Nc1n[nH]c2c1Cc1sccc1-2.FC(F)(F)c1cccc(Nc2n[nH]c3c2Cc2sccc2-3)c1.Fc1cccc(Nc2n[nH]c3c2Cc2sccc2-3)c1.[O-][n+]1cccc(-c2n[nH]c3c2Cc2sc(Br)cc2-3)c1. The Kier molecular flexibility index (Phi) is 20.9. The van der Waals surface area contributed by atoms with E-state index in [1.165, 1.54) is 113 Å². The molecule has 0 radical (unpaired) electrons. The number of para-hydroxylation sites is 1. The number of hydrogen-bond donors (Lipinski definition) is 10. The molecule has 33 heteroatoms. The second-order valence-corrected chi connectivity index (χ2v) is 38.2. The van der Waals surface area contributed by atoms with E-state index in [9.17, 15) is 22.8 Å². The van der Waals surface area contributed by atoms with Gasteiger partial charge in [-0.1, -0.05) is 75.5 Å². The van der Waals surface area contributed by atoms with Gasteiger partial charge in [-0.15, -0.1) is 68.0 Å². The van der Waals surface area contributed by atoms with Crippen LogP contribution in [-0.4, -0.2) is 61.2 Å². The van der Waals surface area contributed by atoms with Gasteiger partial charge in [0.1, 0.15) is 11.5 Å². The maximum atomic E-state index is 13.2. The van der Waals surface area contributed by atoms with Crippen molar-refractivity contribution < 1.29 is 22.3 Å². The van der Waals surface area contributed by atoms with Gasteiger partial charge in [0.05, 0.1) is 69.3 Å². The van der Waals surface area contributed by atoms with Crippen molar-refractivity contribution in [3.63, 3.8) is 0 Å². The number of nitrogens with one attached hydrogen (secondary N) is 10. The lowest BCUT2D eigenvalue weighted by Crippen LogP contribution is -2.24. The average Bonchev–Trinajstić information content (AvgIpc) is 1.90. The number of H-pyrrole nitrogens is 6. The molecule has 0 amide bonds. The zero-order chi connectivity index (χ0) is 79.7. The lowest BCUT2D eigenvalue weighted by molar-refractivity contribution is -0.604. The molecule has 10 N–H and O–H groups in total. The zero-order valence-corrected chi connectivity index (χ0v) is 71.4. The zero-order valence-electron chi connectivity index (χ0n) is 60.3. The fourth-order valence-electron chi connectivity index (χ4n) is 14.9. The summed E-state index contributed by atoms with van der Waals surface area (Å²) in [6, 6.07) is 51.5.